The highest BCUT2D eigenvalue weighted by molar-refractivity contribution is 7.92. The fraction of sp³-hybridized carbons (Fsp3) is 0.394. The third kappa shape index (κ3) is 8.50. The Hall–Kier alpha value is -5.34. The molecule has 0 aliphatic carbocycles. The van der Waals surface area contributed by atoms with Crippen molar-refractivity contribution in [2.24, 2.45) is 0 Å². The Morgan fingerprint density at radius 2 is 1.74 bits per heavy atom. The molecule has 2 aliphatic heterocycles. The number of rotatable bonds is 11. The molecule has 2 fully saturated rings. The maximum absolute atomic E-state index is 13.8. The SMILES string of the molecule is C=Cc1cc(Nc2ncc([N+](=O)[O-])c(Nc3ccc4nccnc4c3N(C)S(C)(=O)=O)n2)c(OC(F)(F)F)cc1N1CCC(N2CCN(C)CC2)CC1. The van der Waals surface area contributed by atoms with Crippen LogP contribution in [0.15, 0.2) is 49.4 Å². The number of sulfonamides is 1. The van der Waals surface area contributed by atoms with Crippen LogP contribution in [0.1, 0.15) is 18.4 Å². The van der Waals surface area contributed by atoms with Crippen LogP contribution in [-0.2, 0) is 10.0 Å². The molecule has 2 aliphatic rings. The average Bonchev–Trinajstić information content (AvgIpc) is 3.11. The zero-order valence-corrected chi connectivity index (χ0v) is 30.0. The predicted molar refractivity (Wildman–Crippen MR) is 196 cm³/mol. The quantitative estimate of drug-likeness (QED) is 0.155. The van der Waals surface area contributed by atoms with E-state index in [1.807, 2.05) is 4.90 Å². The van der Waals surface area contributed by atoms with Crippen LogP contribution in [0.5, 0.6) is 5.75 Å². The fourth-order valence-corrected chi connectivity index (χ4v) is 7.02. The maximum atomic E-state index is 13.8. The van der Waals surface area contributed by atoms with Gasteiger partial charge in [0.2, 0.25) is 21.8 Å². The second-order valence-corrected chi connectivity index (χ2v) is 14.8. The van der Waals surface area contributed by atoms with Crippen LogP contribution in [0.2, 0.25) is 0 Å². The number of piperazine rings is 1. The zero-order valence-electron chi connectivity index (χ0n) is 29.2. The van der Waals surface area contributed by atoms with Crippen LogP contribution in [0.25, 0.3) is 17.1 Å². The molecule has 0 amide bonds. The molecule has 53 heavy (non-hydrogen) atoms. The molecule has 0 saturated carbocycles. The summed E-state index contributed by atoms with van der Waals surface area (Å²) < 4.78 is 72.0. The van der Waals surface area contributed by atoms with Crippen molar-refractivity contribution in [1.29, 1.82) is 0 Å². The second-order valence-electron chi connectivity index (χ2n) is 12.8. The van der Waals surface area contributed by atoms with E-state index in [1.54, 1.807) is 0 Å². The van der Waals surface area contributed by atoms with E-state index in [0.29, 0.717) is 35.9 Å². The Balaban J connectivity index is 1.33. The van der Waals surface area contributed by atoms with Crippen molar-refractivity contribution in [3.8, 4) is 5.75 Å². The van der Waals surface area contributed by atoms with Gasteiger partial charge in [-0.1, -0.05) is 12.7 Å². The van der Waals surface area contributed by atoms with Crippen molar-refractivity contribution in [3.05, 3.63) is 65.1 Å². The third-order valence-electron chi connectivity index (χ3n) is 9.33. The first kappa shape index (κ1) is 37.4. The molecule has 4 aromatic rings. The Morgan fingerprint density at radius 3 is 2.38 bits per heavy atom. The number of nitrogens with zero attached hydrogens (tertiary/aromatic N) is 9. The molecule has 16 nitrogen and oxygen atoms in total. The number of nitro groups is 1. The Kier molecular flexibility index (Phi) is 10.6. The first-order chi connectivity index (χ1) is 25.1. The summed E-state index contributed by atoms with van der Waals surface area (Å²) in [7, 11) is -0.481. The molecular formula is C33H38F3N11O5S. The predicted octanol–water partition coefficient (Wildman–Crippen LogP) is 4.97. The lowest BCUT2D eigenvalue weighted by Gasteiger charge is -2.43. The van der Waals surface area contributed by atoms with E-state index in [1.165, 1.54) is 49.8 Å². The monoisotopic (exact) mass is 757 g/mol. The van der Waals surface area contributed by atoms with Crippen LogP contribution >= 0.6 is 0 Å². The summed E-state index contributed by atoms with van der Waals surface area (Å²) in [5.74, 6) is -1.28. The minimum Gasteiger partial charge on any atom is -0.403 e. The smallest absolute Gasteiger partial charge is 0.403 e. The van der Waals surface area contributed by atoms with Crippen molar-refractivity contribution < 1.29 is 31.2 Å². The van der Waals surface area contributed by atoms with Gasteiger partial charge in [-0.2, -0.15) is 4.98 Å². The van der Waals surface area contributed by atoms with Gasteiger partial charge in [0, 0.05) is 76.5 Å². The maximum Gasteiger partial charge on any atom is 0.573 e. The molecule has 0 radical (unpaired) electrons. The van der Waals surface area contributed by atoms with Crippen molar-refractivity contribution in [2.75, 3.05) is 79.5 Å². The molecule has 2 aromatic heterocycles. The highest BCUT2D eigenvalue weighted by Gasteiger charge is 2.34. The number of likely N-dealkylation sites (N-methyl/N-ethyl adjacent to an activating group) is 1. The summed E-state index contributed by atoms with van der Waals surface area (Å²) in [5.41, 5.74) is 0.871. The van der Waals surface area contributed by atoms with Gasteiger partial charge in [-0.05, 0) is 43.7 Å². The largest absolute Gasteiger partial charge is 0.573 e. The van der Waals surface area contributed by atoms with Crippen LogP contribution in [0.3, 0.4) is 0 Å². The fourth-order valence-electron chi connectivity index (χ4n) is 6.51. The molecule has 2 aromatic carbocycles. The molecule has 2 saturated heterocycles. The van der Waals surface area contributed by atoms with Gasteiger partial charge in [-0.15, -0.1) is 13.2 Å². The number of halogens is 3. The molecule has 282 valence electrons. The minimum atomic E-state index is -5.05. The number of nitrogens with one attached hydrogen (secondary N) is 2. The summed E-state index contributed by atoms with van der Waals surface area (Å²) in [6.07, 6.45) is 2.78. The van der Waals surface area contributed by atoms with Crippen LogP contribution < -0.4 is 24.6 Å². The lowest BCUT2D eigenvalue weighted by Crippen LogP contribution is -2.52. The number of fused-ring (bicyclic) bond motifs is 1. The van der Waals surface area contributed by atoms with E-state index in [9.17, 15) is 31.7 Å². The second kappa shape index (κ2) is 15.0. The van der Waals surface area contributed by atoms with Crippen LogP contribution in [0.4, 0.5) is 53.4 Å². The normalized spacial score (nSPS) is 16.4. The number of benzene rings is 2. The van der Waals surface area contributed by atoms with Gasteiger partial charge < -0.3 is 25.2 Å². The molecule has 4 heterocycles. The van der Waals surface area contributed by atoms with Gasteiger partial charge in [0.05, 0.1) is 28.1 Å². The van der Waals surface area contributed by atoms with Crippen LogP contribution in [-0.4, -0.2) is 115 Å². The topological polar surface area (TPSA) is 175 Å². The first-order valence-corrected chi connectivity index (χ1v) is 18.4. The van der Waals surface area contributed by atoms with Gasteiger partial charge in [0.1, 0.15) is 17.4 Å². The minimum absolute atomic E-state index is 0.0279. The Bertz CT molecular complexity index is 2120. The highest BCUT2D eigenvalue weighted by atomic mass is 32.2. The van der Waals surface area contributed by atoms with Crippen molar-refractivity contribution in [3.63, 3.8) is 0 Å². The summed E-state index contributed by atoms with van der Waals surface area (Å²) in [4.78, 5) is 34.8. The number of hydrogen-bond donors (Lipinski definition) is 2. The molecule has 2 N–H and O–H groups in total. The number of alkyl halides is 3. The lowest BCUT2D eigenvalue weighted by atomic mass is 10.00. The van der Waals surface area contributed by atoms with E-state index < -0.39 is 32.7 Å². The first-order valence-electron chi connectivity index (χ1n) is 16.6. The highest BCUT2D eigenvalue weighted by Crippen LogP contribution is 2.41. The van der Waals surface area contributed by atoms with E-state index in [4.69, 9.17) is 0 Å². The molecule has 0 unspecified atom stereocenters. The lowest BCUT2D eigenvalue weighted by molar-refractivity contribution is -0.384. The Labute approximate surface area is 303 Å². The molecule has 6 rings (SSSR count). The molecule has 20 heteroatoms. The molecule has 0 spiro atoms. The van der Waals surface area contributed by atoms with Gasteiger partial charge in [0.15, 0.2) is 5.75 Å². The van der Waals surface area contributed by atoms with Gasteiger partial charge >= 0.3 is 12.0 Å². The van der Waals surface area contributed by atoms with Crippen molar-refractivity contribution in [2.45, 2.75) is 25.2 Å². The molecule has 0 bridgehead atoms. The summed E-state index contributed by atoms with van der Waals surface area (Å²) in [5, 5.41) is 17.6. The number of ether oxygens (including phenoxy) is 1. The Morgan fingerprint density at radius 1 is 1.04 bits per heavy atom. The van der Waals surface area contributed by atoms with Crippen molar-refractivity contribution in [1.82, 2.24) is 29.7 Å². The molecule has 0 atom stereocenters. The van der Waals surface area contributed by atoms with Crippen LogP contribution in [0, 0.1) is 10.1 Å². The van der Waals surface area contributed by atoms with Gasteiger partial charge in [-0.25, -0.2) is 13.4 Å². The van der Waals surface area contributed by atoms with Crippen molar-refractivity contribution >= 4 is 67.3 Å². The van der Waals surface area contributed by atoms with E-state index >= 15 is 0 Å². The zero-order chi connectivity index (χ0) is 38.1. The van der Waals surface area contributed by atoms with E-state index in [-0.39, 0.29) is 34.3 Å². The number of aromatic nitrogens is 4. The summed E-state index contributed by atoms with van der Waals surface area (Å²) in [6, 6.07) is 6.08. The van der Waals surface area contributed by atoms with E-state index in [2.05, 4.69) is 58.7 Å². The van der Waals surface area contributed by atoms with Gasteiger partial charge in [-0.3, -0.25) is 29.3 Å². The van der Waals surface area contributed by atoms with Gasteiger partial charge in [0.25, 0.3) is 0 Å². The molecular weight excluding hydrogens is 719 g/mol. The summed E-state index contributed by atoms with van der Waals surface area (Å²) in [6.45, 7) is 9.05. The number of anilines is 6. The number of hydrogen-bond acceptors (Lipinski definition) is 14. The van der Waals surface area contributed by atoms with E-state index in [0.717, 1.165) is 55.8 Å². The summed E-state index contributed by atoms with van der Waals surface area (Å²) >= 11 is 0. The third-order valence-corrected chi connectivity index (χ3v) is 10.5. The standard InChI is InChI=1S/C33H38F3N11O5S/c1-5-21-18-25(28(52-33(34,35)36)19-26(21)46-12-8-22(9-13-46)45-16-14-43(2)15-17-45)41-32-39-20-27(47(48)49)31(42-32)40-24-7-6-23-29(38-11-10-37-23)30(24)44(3)53(4,50)51/h5-7,10-11,18-20,22H,1,8-9,12-17H2,2-4H3,(H2,39,40,41,42). The average molecular weight is 758 g/mol. The number of piperidine rings is 1.